The van der Waals surface area contributed by atoms with Gasteiger partial charge < -0.3 is 9.84 Å². The number of halogens is 2. The van der Waals surface area contributed by atoms with Crippen molar-refractivity contribution >= 4 is 23.2 Å². The number of carbonyl (C=O) groups excluding carboxylic acids is 1. The van der Waals surface area contributed by atoms with Crippen LogP contribution >= 0.6 is 11.6 Å². The van der Waals surface area contributed by atoms with Crippen molar-refractivity contribution in [1.82, 2.24) is 20.4 Å². The van der Waals surface area contributed by atoms with Crippen LogP contribution in [0.1, 0.15) is 44.7 Å². The summed E-state index contributed by atoms with van der Waals surface area (Å²) in [4.78, 5) is 19.2. The molecule has 0 aliphatic carbocycles. The first-order valence-electron chi connectivity index (χ1n) is 10.5. The van der Waals surface area contributed by atoms with E-state index in [1.165, 1.54) is 12.1 Å². The minimum Gasteiger partial charge on any atom is -0.334 e. The molecule has 166 valence electrons. The first-order valence-corrected chi connectivity index (χ1v) is 10.9. The highest BCUT2D eigenvalue weighted by atomic mass is 35.5. The van der Waals surface area contributed by atoms with Gasteiger partial charge in [-0.15, -0.1) is 0 Å². The van der Waals surface area contributed by atoms with Crippen LogP contribution in [0.2, 0.25) is 5.02 Å². The second kappa shape index (κ2) is 9.12. The van der Waals surface area contributed by atoms with Crippen molar-refractivity contribution in [2.45, 2.75) is 33.2 Å². The zero-order valence-electron chi connectivity index (χ0n) is 18.1. The molecule has 1 aromatic heterocycles. The highest BCUT2D eigenvalue weighted by molar-refractivity contribution is 6.30. The van der Waals surface area contributed by atoms with Gasteiger partial charge in [0.05, 0.1) is 11.6 Å². The van der Waals surface area contributed by atoms with E-state index in [-0.39, 0.29) is 23.6 Å². The number of amides is 2. The molecule has 4 rings (SSSR count). The summed E-state index contributed by atoms with van der Waals surface area (Å²) >= 11 is 6.06. The van der Waals surface area contributed by atoms with Gasteiger partial charge in [0, 0.05) is 22.8 Å². The van der Waals surface area contributed by atoms with Crippen molar-refractivity contribution in [3.05, 3.63) is 76.5 Å². The monoisotopic (exact) mass is 454 g/mol. The minimum atomic E-state index is -0.490. The van der Waals surface area contributed by atoms with Gasteiger partial charge in [-0.1, -0.05) is 54.9 Å². The van der Waals surface area contributed by atoms with E-state index >= 15 is 0 Å². The van der Waals surface area contributed by atoms with Crippen LogP contribution in [0.3, 0.4) is 0 Å². The fraction of sp³-hybridized carbons (Fsp3) is 0.292. The number of nitrogens with one attached hydrogen (secondary N) is 1. The summed E-state index contributed by atoms with van der Waals surface area (Å²) in [7, 11) is 0. The molecule has 8 heteroatoms. The maximum atomic E-state index is 13.7. The number of aromatic nitrogens is 2. The fourth-order valence-electron chi connectivity index (χ4n) is 3.70. The number of benzene rings is 2. The van der Waals surface area contributed by atoms with Gasteiger partial charge in [-0.05, 0) is 49.1 Å². The number of hydrogen-bond donors (Lipinski definition) is 1. The van der Waals surface area contributed by atoms with Gasteiger partial charge in [0.2, 0.25) is 5.82 Å². The van der Waals surface area contributed by atoms with Crippen LogP contribution in [0.4, 0.5) is 9.18 Å². The summed E-state index contributed by atoms with van der Waals surface area (Å²) in [5.41, 5.74) is 2.79. The lowest BCUT2D eigenvalue weighted by atomic mass is 9.94. The minimum absolute atomic E-state index is 0.184. The lowest BCUT2D eigenvalue weighted by molar-refractivity contribution is 0.202. The van der Waals surface area contributed by atoms with Crippen LogP contribution in [0.25, 0.3) is 17.0 Å². The molecule has 0 radical (unpaired) electrons. The zero-order chi connectivity index (χ0) is 22.8. The topological polar surface area (TPSA) is 71.3 Å². The molecular weight excluding hydrogens is 431 g/mol. The van der Waals surface area contributed by atoms with E-state index in [1.807, 2.05) is 19.1 Å². The number of nitrogens with zero attached hydrogens (tertiary/aromatic N) is 3. The molecule has 1 aliphatic rings. The van der Waals surface area contributed by atoms with Crippen molar-refractivity contribution in [3.63, 3.8) is 0 Å². The van der Waals surface area contributed by atoms with E-state index in [1.54, 1.807) is 29.2 Å². The lowest BCUT2D eigenvalue weighted by Gasteiger charge is -2.35. The number of hydrogen-bond acceptors (Lipinski definition) is 4. The molecule has 3 aromatic rings. The Morgan fingerprint density at radius 2 is 1.97 bits per heavy atom. The van der Waals surface area contributed by atoms with Crippen molar-refractivity contribution < 1.29 is 13.7 Å². The summed E-state index contributed by atoms with van der Waals surface area (Å²) < 4.78 is 19.3. The Labute approximate surface area is 191 Å². The van der Waals surface area contributed by atoms with Crippen LogP contribution in [-0.4, -0.2) is 27.6 Å². The largest absolute Gasteiger partial charge is 0.334 e. The van der Waals surface area contributed by atoms with Crippen molar-refractivity contribution in [1.29, 1.82) is 0 Å². The zero-order valence-corrected chi connectivity index (χ0v) is 18.9. The molecule has 1 atom stereocenters. The Morgan fingerprint density at radius 1 is 1.22 bits per heavy atom. The summed E-state index contributed by atoms with van der Waals surface area (Å²) in [5.74, 6) is 0.612. The Kier molecular flexibility index (Phi) is 6.28. The molecule has 0 fully saturated rings. The van der Waals surface area contributed by atoms with E-state index in [4.69, 9.17) is 16.1 Å². The van der Waals surface area contributed by atoms with Gasteiger partial charge in [0.1, 0.15) is 5.82 Å². The smallest absolute Gasteiger partial charge is 0.322 e. The molecule has 1 unspecified atom stereocenters. The predicted molar refractivity (Wildman–Crippen MR) is 121 cm³/mol. The van der Waals surface area contributed by atoms with Gasteiger partial charge in [-0.25, -0.2) is 9.18 Å². The molecule has 0 spiro atoms. The molecule has 0 bridgehead atoms. The molecule has 0 saturated carbocycles. The van der Waals surface area contributed by atoms with Crippen LogP contribution in [-0.2, 0) is 0 Å². The highest BCUT2D eigenvalue weighted by Crippen LogP contribution is 2.37. The van der Waals surface area contributed by atoms with Crippen LogP contribution in [0.5, 0.6) is 0 Å². The Balaban J connectivity index is 1.79. The Hall–Kier alpha value is -3.19. The standard InChI is InChI=1S/C24H24ClFN4O2/c1-14(2)11-12-30-15(3)20(21(27-24(30)31)16-7-9-18(25)10-8-16)23-28-22(29-32-23)17-5-4-6-19(26)13-17/h4-10,13-14,21H,11-12H2,1-3H3,(H,27,31). The summed E-state index contributed by atoms with van der Waals surface area (Å²) in [6, 6.07) is 12.6. The first-order chi connectivity index (χ1) is 15.3. The van der Waals surface area contributed by atoms with Crippen molar-refractivity contribution in [3.8, 4) is 11.4 Å². The quantitative estimate of drug-likeness (QED) is 0.490. The van der Waals surface area contributed by atoms with Crippen molar-refractivity contribution in [2.24, 2.45) is 5.92 Å². The third-order valence-electron chi connectivity index (χ3n) is 5.47. The molecule has 2 heterocycles. The van der Waals surface area contributed by atoms with Crippen LogP contribution in [0, 0.1) is 11.7 Å². The van der Waals surface area contributed by atoms with Gasteiger partial charge in [0.25, 0.3) is 5.89 Å². The van der Waals surface area contributed by atoms with Crippen molar-refractivity contribution in [2.75, 3.05) is 6.54 Å². The maximum absolute atomic E-state index is 13.7. The molecule has 1 aliphatic heterocycles. The number of carbonyl (C=O) groups is 1. The van der Waals surface area contributed by atoms with Gasteiger partial charge in [-0.3, -0.25) is 4.90 Å². The summed E-state index contributed by atoms with van der Waals surface area (Å²) in [6.45, 7) is 6.67. The Bertz CT molecular complexity index is 1160. The number of allylic oxidation sites excluding steroid dienone is 1. The molecule has 0 saturated heterocycles. The molecule has 6 nitrogen and oxygen atoms in total. The second-order valence-corrected chi connectivity index (χ2v) is 8.64. The lowest BCUT2D eigenvalue weighted by Crippen LogP contribution is -2.46. The predicted octanol–water partition coefficient (Wildman–Crippen LogP) is 6.07. The van der Waals surface area contributed by atoms with E-state index in [0.29, 0.717) is 28.6 Å². The average molecular weight is 455 g/mol. The molecule has 2 amide bonds. The summed E-state index contributed by atoms with van der Waals surface area (Å²) in [6.07, 6.45) is 0.849. The second-order valence-electron chi connectivity index (χ2n) is 8.20. The molecule has 1 N–H and O–H groups in total. The van der Waals surface area contributed by atoms with Crippen LogP contribution in [0.15, 0.2) is 58.8 Å². The van der Waals surface area contributed by atoms with Gasteiger partial charge in [0.15, 0.2) is 0 Å². The number of urea groups is 1. The van der Waals surface area contributed by atoms with E-state index in [9.17, 15) is 9.18 Å². The maximum Gasteiger partial charge on any atom is 0.322 e. The summed E-state index contributed by atoms with van der Waals surface area (Å²) in [5, 5.41) is 7.72. The van der Waals surface area contributed by atoms with Gasteiger partial charge in [-0.2, -0.15) is 4.98 Å². The number of rotatable bonds is 6. The van der Waals surface area contributed by atoms with E-state index in [2.05, 4.69) is 29.3 Å². The average Bonchev–Trinajstić information content (AvgIpc) is 3.23. The third kappa shape index (κ3) is 4.53. The Morgan fingerprint density at radius 3 is 2.66 bits per heavy atom. The molecule has 2 aromatic carbocycles. The van der Waals surface area contributed by atoms with Crippen LogP contribution < -0.4 is 5.32 Å². The third-order valence-corrected chi connectivity index (χ3v) is 5.72. The van der Waals surface area contributed by atoms with Gasteiger partial charge >= 0.3 is 6.03 Å². The van der Waals surface area contributed by atoms with E-state index < -0.39 is 6.04 Å². The fourth-order valence-corrected chi connectivity index (χ4v) is 3.82. The molecule has 32 heavy (non-hydrogen) atoms. The SMILES string of the molecule is CC1=C(c2nc(-c3cccc(F)c3)no2)C(c2ccc(Cl)cc2)NC(=O)N1CCC(C)C. The molecular formula is C24H24ClFN4O2. The first kappa shape index (κ1) is 22.0. The van der Waals surface area contributed by atoms with E-state index in [0.717, 1.165) is 17.7 Å². The highest BCUT2D eigenvalue weighted by Gasteiger charge is 2.35. The normalized spacial score (nSPS) is 16.6.